The summed E-state index contributed by atoms with van der Waals surface area (Å²) in [5, 5.41) is 13.6. The van der Waals surface area contributed by atoms with Crippen molar-refractivity contribution >= 4 is 39.3 Å². The zero-order valence-electron chi connectivity index (χ0n) is 10.8. The van der Waals surface area contributed by atoms with Gasteiger partial charge < -0.3 is 5.32 Å². The Hall–Kier alpha value is -2.47. The van der Waals surface area contributed by atoms with E-state index in [2.05, 4.69) is 21.2 Å². The average molecular weight is 347 g/mol. The molecule has 6 heteroatoms. The highest BCUT2D eigenvalue weighted by atomic mass is 79.9. The zero-order chi connectivity index (χ0) is 15.2. The summed E-state index contributed by atoms with van der Waals surface area (Å²) in [5.41, 5.74) is 0.974. The number of nitro groups is 1. The third-order valence-electron chi connectivity index (χ3n) is 2.68. The molecule has 2 aromatic carbocycles. The van der Waals surface area contributed by atoms with E-state index in [1.807, 2.05) is 6.07 Å². The molecule has 0 spiro atoms. The standard InChI is InChI=1S/C15H11BrN2O3/c16-12-6-2-3-7-13(12)17-15(19)10-9-11-5-1-4-8-14(11)18(20)21/h1-10H,(H,17,19)/b10-9+. The van der Waals surface area contributed by atoms with Crippen LogP contribution in [0.3, 0.4) is 0 Å². The molecular weight excluding hydrogens is 336 g/mol. The minimum Gasteiger partial charge on any atom is -0.321 e. The van der Waals surface area contributed by atoms with E-state index >= 15 is 0 Å². The second-order valence-corrected chi connectivity index (χ2v) is 4.97. The summed E-state index contributed by atoms with van der Waals surface area (Å²) >= 11 is 3.32. The van der Waals surface area contributed by atoms with Crippen molar-refractivity contribution < 1.29 is 9.72 Å². The van der Waals surface area contributed by atoms with Crippen LogP contribution in [0.4, 0.5) is 11.4 Å². The first-order valence-corrected chi connectivity index (χ1v) is 6.84. The van der Waals surface area contributed by atoms with Crippen LogP contribution >= 0.6 is 15.9 Å². The van der Waals surface area contributed by atoms with Crippen molar-refractivity contribution in [1.82, 2.24) is 0 Å². The van der Waals surface area contributed by atoms with Crippen LogP contribution in [0.15, 0.2) is 59.1 Å². The van der Waals surface area contributed by atoms with Crippen molar-refractivity contribution in [1.29, 1.82) is 0 Å². The number of halogens is 1. The molecular formula is C15H11BrN2O3. The molecule has 0 aromatic heterocycles. The van der Waals surface area contributed by atoms with E-state index in [9.17, 15) is 14.9 Å². The van der Waals surface area contributed by atoms with Gasteiger partial charge in [0.15, 0.2) is 0 Å². The number of carbonyl (C=O) groups excluding carboxylic acids is 1. The normalized spacial score (nSPS) is 10.5. The molecule has 1 amide bonds. The smallest absolute Gasteiger partial charge is 0.276 e. The van der Waals surface area contributed by atoms with Gasteiger partial charge in [0.05, 0.1) is 16.2 Å². The maximum Gasteiger partial charge on any atom is 0.276 e. The van der Waals surface area contributed by atoms with Crippen LogP contribution in [0.1, 0.15) is 5.56 Å². The molecule has 5 nitrogen and oxygen atoms in total. The molecule has 0 saturated carbocycles. The van der Waals surface area contributed by atoms with E-state index < -0.39 is 4.92 Å². The highest BCUT2D eigenvalue weighted by molar-refractivity contribution is 9.10. The van der Waals surface area contributed by atoms with Crippen molar-refractivity contribution in [2.24, 2.45) is 0 Å². The van der Waals surface area contributed by atoms with Gasteiger partial charge in [-0.3, -0.25) is 14.9 Å². The van der Waals surface area contributed by atoms with Gasteiger partial charge in [-0.15, -0.1) is 0 Å². The second-order valence-electron chi connectivity index (χ2n) is 4.12. The van der Waals surface area contributed by atoms with Crippen LogP contribution in [0, 0.1) is 10.1 Å². The van der Waals surface area contributed by atoms with Gasteiger partial charge >= 0.3 is 0 Å². The topological polar surface area (TPSA) is 72.2 Å². The van der Waals surface area contributed by atoms with Gasteiger partial charge in [-0.05, 0) is 40.2 Å². The molecule has 21 heavy (non-hydrogen) atoms. The van der Waals surface area contributed by atoms with Crippen molar-refractivity contribution in [3.05, 3.63) is 74.8 Å². The molecule has 2 rings (SSSR count). The molecule has 0 aliphatic heterocycles. The number of para-hydroxylation sites is 2. The fourth-order valence-electron chi connectivity index (χ4n) is 1.70. The number of rotatable bonds is 4. The molecule has 0 aliphatic rings. The first-order chi connectivity index (χ1) is 10.1. The lowest BCUT2D eigenvalue weighted by Crippen LogP contribution is -2.08. The Morgan fingerprint density at radius 2 is 1.81 bits per heavy atom. The Balaban J connectivity index is 2.13. The summed E-state index contributed by atoms with van der Waals surface area (Å²) in [6.07, 6.45) is 2.69. The maximum absolute atomic E-state index is 11.8. The third-order valence-corrected chi connectivity index (χ3v) is 3.37. The number of anilines is 1. The van der Waals surface area contributed by atoms with Gasteiger partial charge in [0.1, 0.15) is 0 Å². The summed E-state index contributed by atoms with van der Waals surface area (Å²) < 4.78 is 0.762. The highest BCUT2D eigenvalue weighted by Crippen LogP contribution is 2.22. The van der Waals surface area contributed by atoms with Gasteiger partial charge in [-0.1, -0.05) is 24.3 Å². The number of hydrogen-bond acceptors (Lipinski definition) is 3. The predicted molar refractivity (Wildman–Crippen MR) is 84.9 cm³/mol. The molecule has 106 valence electrons. The zero-order valence-corrected chi connectivity index (χ0v) is 12.4. The summed E-state index contributed by atoms with van der Waals surface area (Å²) in [5.74, 6) is -0.361. The Labute approximate surface area is 129 Å². The molecule has 0 atom stereocenters. The van der Waals surface area contributed by atoms with Gasteiger partial charge in [-0.25, -0.2) is 0 Å². The predicted octanol–water partition coefficient (Wildman–Crippen LogP) is 4.01. The Bertz CT molecular complexity index is 714. The van der Waals surface area contributed by atoms with Gasteiger partial charge in [0.2, 0.25) is 5.91 Å². The van der Waals surface area contributed by atoms with Crippen molar-refractivity contribution in [3.8, 4) is 0 Å². The number of carbonyl (C=O) groups is 1. The molecule has 2 aromatic rings. The number of benzene rings is 2. The van der Waals surface area contributed by atoms with E-state index in [1.165, 1.54) is 18.2 Å². The number of nitro benzene ring substituents is 1. The molecule has 0 radical (unpaired) electrons. The molecule has 0 saturated heterocycles. The number of nitrogens with zero attached hydrogens (tertiary/aromatic N) is 1. The van der Waals surface area contributed by atoms with Gasteiger partial charge in [0, 0.05) is 16.6 Å². The largest absolute Gasteiger partial charge is 0.321 e. The van der Waals surface area contributed by atoms with Crippen LogP contribution in [0.2, 0.25) is 0 Å². The van der Waals surface area contributed by atoms with E-state index in [4.69, 9.17) is 0 Å². The summed E-state index contributed by atoms with van der Waals surface area (Å²) in [6.45, 7) is 0. The fraction of sp³-hybridized carbons (Fsp3) is 0. The Morgan fingerprint density at radius 3 is 2.52 bits per heavy atom. The third kappa shape index (κ3) is 4.00. The molecule has 0 aliphatic carbocycles. The number of nitrogens with one attached hydrogen (secondary N) is 1. The summed E-state index contributed by atoms with van der Waals surface area (Å²) in [7, 11) is 0. The van der Waals surface area contributed by atoms with Gasteiger partial charge in [-0.2, -0.15) is 0 Å². The van der Waals surface area contributed by atoms with Crippen LogP contribution < -0.4 is 5.32 Å². The molecule has 0 bridgehead atoms. The maximum atomic E-state index is 11.8. The minimum atomic E-state index is -0.481. The molecule has 0 heterocycles. The molecule has 0 fully saturated rings. The van der Waals surface area contributed by atoms with E-state index in [0.29, 0.717) is 11.3 Å². The monoisotopic (exact) mass is 346 g/mol. The average Bonchev–Trinajstić information content (AvgIpc) is 2.48. The highest BCUT2D eigenvalue weighted by Gasteiger charge is 2.09. The number of hydrogen-bond donors (Lipinski definition) is 1. The summed E-state index contributed by atoms with van der Waals surface area (Å²) in [4.78, 5) is 22.2. The minimum absolute atomic E-state index is 0.0394. The Morgan fingerprint density at radius 1 is 1.14 bits per heavy atom. The van der Waals surface area contributed by atoms with Crippen LogP contribution in [0.5, 0.6) is 0 Å². The van der Waals surface area contributed by atoms with Crippen LogP contribution in [-0.4, -0.2) is 10.8 Å². The lowest BCUT2D eigenvalue weighted by molar-refractivity contribution is -0.385. The van der Waals surface area contributed by atoms with Crippen LogP contribution in [-0.2, 0) is 4.79 Å². The van der Waals surface area contributed by atoms with Crippen molar-refractivity contribution in [2.45, 2.75) is 0 Å². The lowest BCUT2D eigenvalue weighted by Gasteiger charge is -2.04. The van der Waals surface area contributed by atoms with E-state index in [-0.39, 0.29) is 11.6 Å². The Kier molecular flexibility index (Phi) is 4.84. The fourth-order valence-corrected chi connectivity index (χ4v) is 2.08. The van der Waals surface area contributed by atoms with E-state index in [0.717, 1.165) is 4.47 Å². The van der Waals surface area contributed by atoms with E-state index in [1.54, 1.807) is 36.4 Å². The first kappa shape index (κ1) is 14.9. The van der Waals surface area contributed by atoms with Gasteiger partial charge in [0.25, 0.3) is 5.69 Å². The van der Waals surface area contributed by atoms with Crippen molar-refractivity contribution in [3.63, 3.8) is 0 Å². The first-order valence-electron chi connectivity index (χ1n) is 6.05. The SMILES string of the molecule is O=C(/C=C/c1ccccc1[N+](=O)[O-])Nc1ccccc1Br. The summed E-state index contributed by atoms with van der Waals surface area (Å²) in [6, 6.07) is 13.4. The van der Waals surface area contributed by atoms with Crippen LogP contribution in [0.25, 0.3) is 6.08 Å². The second kappa shape index (κ2) is 6.81. The van der Waals surface area contributed by atoms with Crippen molar-refractivity contribution in [2.75, 3.05) is 5.32 Å². The molecule has 1 N–H and O–H groups in total. The molecule has 0 unspecified atom stereocenters. The quantitative estimate of drug-likeness (QED) is 0.516. The lowest BCUT2D eigenvalue weighted by atomic mass is 10.1. The number of amides is 1.